The van der Waals surface area contributed by atoms with Crippen LogP contribution in [0.5, 0.6) is 5.75 Å². The molecular formula is C15H12O4. The fraction of sp³-hybridized carbons (Fsp3) is 0.200. The smallest absolute Gasteiger partial charge is 0.228 e. The summed E-state index contributed by atoms with van der Waals surface area (Å²) in [5, 5.41) is 9.45. The summed E-state index contributed by atoms with van der Waals surface area (Å²) < 4.78 is 5.54. The fourth-order valence-corrected chi connectivity index (χ4v) is 2.40. The summed E-state index contributed by atoms with van der Waals surface area (Å²) in [5.74, 6) is -0.437. The number of benzene rings is 1. The van der Waals surface area contributed by atoms with Crippen LogP contribution in [-0.4, -0.2) is 22.8 Å². The van der Waals surface area contributed by atoms with Crippen molar-refractivity contribution in [2.75, 3.05) is 0 Å². The number of carbonyl (C=O) groups excluding carboxylic acids is 2. The summed E-state index contributed by atoms with van der Waals surface area (Å²) in [6, 6.07) is 4.17. The molecule has 0 amide bonds. The third-order valence-electron chi connectivity index (χ3n) is 3.45. The molecule has 96 valence electrons. The van der Waals surface area contributed by atoms with Crippen molar-refractivity contribution in [3.8, 4) is 5.75 Å². The minimum absolute atomic E-state index is 0.0284. The SMILES string of the molecule is C=C(C)[C@H]1CC2=C(O1)C(=O)c1ccc(O)cc1C2=O. The number of allylic oxidation sites excluding steroid dienone is 1. The molecule has 1 aliphatic heterocycles. The Labute approximate surface area is 110 Å². The van der Waals surface area contributed by atoms with Crippen molar-refractivity contribution in [1.29, 1.82) is 0 Å². The standard InChI is InChI=1S/C15H12O4/c1-7(2)12-6-11-13(17)10-5-8(16)3-4-9(10)14(18)15(11)19-12/h3-5,12,16H,1,6H2,2H3/t12-/m1/s1. The van der Waals surface area contributed by atoms with Gasteiger partial charge in [0.25, 0.3) is 0 Å². The Balaban J connectivity index is 2.10. The van der Waals surface area contributed by atoms with E-state index in [1.165, 1.54) is 18.2 Å². The van der Waals surface area contributed by atoms with Crippen LogP contribution < -0.4 is 0 Å². The van der Waals surface area contributed by atoms with Crippen LogP contribution in [0.25, 0.3) is 0 Å². The molecule has 4 nitrogen and oxygen atoms in total. The molecule has 0 unspecified atom stereocenters. The van der Waals surface area contributed by atoms with Gasteiger partial charge in [0.2, 0.25) is 5.78 Å². The molecule has 0 aromatic heterocycles. The fourth-order valence-electron chi connectivity index (χ4n) is 2.40. The molecule has 2 aliphatic rings. The molecule has 1 heterocycles. The van der Waals surface area contributed by atoms with Gasteiger partial charge >= 0.3 is 0 Å². The predicted molar refractivity (Wildman–Crippen MR) is 68.1 cm³/mol. The number of rotatable bonds is 1. The molecule has 1 atom stereocenters. The number of ether oxygens (including phenoxy) is 1. The average Bonchev–Trinajstić information content (AvgIpc) is 2.81. The van der Waals surface area contributed by atoms with Crippen molar-refractivity contribution in [3.05, 3.63) is 52.8 Å². The van der Waals surface area contributed by atoms with Gasteiger partial charge in [-0.3, -0.25) is 9.59 Å². The van der Waals surface area contributed by atoms with E-state index in [1.54, 1.807) is 6.92 Å². The summed E-state index contributed by atoms with van der Waals surface area (Å²) in [4.78, 5) is 24.6. The van der Waals surface area contributed by atoms with Crippen LogP contribution in [-0.2, 0) is 4.74 Å². The van der Waals surface area contributed by atoms with Crippen LogP contribution in [0.2, 0.25) is 0 Å². The first-order valence-electron chi connectivity index (χ1n) is 5.96. The number of Topliss-reactive ketones (excluding diaryl/α,β-unsaturated/α-hetero) is 2. The first-order valence-corrected chi connectivity index (χ1v) is 5.96. The molecule has 1 aromatic rings. The molecule has 0 radical (unpaired) electrons. The second-order valence-corrected chi connectivity index (χ2v) is 4.85. The molecular weight excluding hydrogens is 244 g/mol. The van der Waals surface area contributed by atoms with Crippen molar-refractivity contribution < 1.29 is 19.4 Å². The highest BCUT2D eigenvalue weighted by molar-refractivity contribution is 6.26. The van der Waals surface area contributed by atoms with Crippen molar-refractivity contribution in [1.82, 2.24) is 0 Å². The molecule has 4 heteroatoms. The Morgan fingerprint density at radius 1 is 1.32 bits per heavy atom. The van der Waals surface area contributed by atoms with Crippen LogP contribution in [0.3, 0.4) is 0 Å². The highest BCUT2D eigenvalue weighted by Crippen LogP contribution is 2.38. The third kappa shape index (κ3) is 1.60. The molecule has 3 rings (SSSR count). The zero-order valence-corrected chi connectivity index (χ0v) is 10.4. The third-order valence-corrected chi connectivity index (χ3v) is 3.45. The lowest BCUT2D eigenvalue weighted by atomic mass is 9.87. The number of phenolic OH excluding ortho intramolecular Hbond substituents is 1. The Morgan fingerprint density at radius 2 is 2.05 bits per heavy atom. The Kier molecular flexibility index (Phi) is 2.35. The molecule has 0 fully saturated rings. The van der Waals surface area contributed by atoms with Gasteiger partial charge in [-0.05, 0) is 30.7 Å². The van der Waals surface area contributed by atoms with Gasteiger partial charge in [-0.1, -0.05) is 6.58 Å². The van der Waals surface area contributed by atoms with Gasteiger partial charge in [0, 0.05) is 17.5 Å². The number of fused-ring (bicyclic) bond motifs is 1. The Hall–Kier alpha value is -2.36. The van der Waals surface area contributed by atoms with Crippen molar-refractivity contribution >= 4 is 11.6 Å². The van der Waals surface area contributed by atoms with Gasteiger partial charge in [-0.15, -0.1) is 0 Å². The molecule has 1 aliphatic carbocycles. The predicted octanol–water partition coefficient (Wildman–Crippen LogP) is 2.39. The number of hydrogen-bond acceptors (Lipinski definition) is 4. The normalized spacial score (nSPS) is 21.0. The second kappa shape index (κ2) is 3.82. The van der Waals surface area contributed by atoms with Gasteiger partial charge in [-0.2, -0.15) is 0 Å². The lowest BCUT2D eigenvalue weighted by Gasteiger charge is -2.15. The topological polar surface area (TPSA) is 63.6 Å². The summed E-state index contributed by atoms with van der Waals surface area (Å²) in [6.07, 6.45) is 0.0467. The first-order chi connectivity index (χ1) is 8.99. The minimum atomic E-state index is -0.319. The van der Waals surface area contributed by atoms with Gasteiger partial charge in [0.1, 0.15) is 11.9 Å². The number of carbonyl (C=O) groups is 2. The van der Waals surface area contributed by atoms with Crippen LogP contribution in [0.4, 0.5) is 0 Å². The average molecular weight is 256 g/mol. The van der Waals surface area contributed by atoms with E-state index < -0.39 is 0 Å². The van der Waals surface area contributed by atoms with E-state index in [0.29, 0.717) is 12.0 Å². The van der Waals surface area contributed by atoms with Crippen molar-refractivity contribution in [2.24, 2.45) is 0 Å². The second-order valence-electron chi connectivity index (χ2n) is 4.85. The molecule has 0 bridgehead atoms. The van der Waals surface area contributed by atoms with E-state index in [1.807, 2.05) is 0 Å². The van der Waals surface area contributed by atoms with E-state index in [-0.39, 0.29) is 40.3 Å². The van der Waals surface area contributed by atoms with Gasteiger partial charge < -0.3 is 9.84 Å². The molecule has 0 spiro atoms. The van der Waals surface area contributed by atoms with E-state index in [2.05, 4.69) is 6.58 Å². The lowest BCUT2D eigenvalue weighted by molar-refractivity contribution is 0.0876. The quantitative estimate of drug-likeness (QED) is 0.783. The van der Waals surface area contributed by atoms with Crippen LogP contribution in [0.15, 0.2) is 41.7 Å². The molecule has 0 saturated carbocycles. The molecule has 19 heavy (non-hydrogen) atoms. The van der Waals surface area contributed by atoms with Gasteiger partial charge in [-0.25, -0.2) is 0 Å². The maximum Gasteiger partial charge on any atom is 0.228 e. The maximum absolute atomic E-state index is 12.3. The van der Waals surface area contributed by atoms with Crippen molar-refractivity contribution in [3.63, 3.8) is 0 Å². The van der Waals surface area contributed by atoms with Gasteiger partial charge in [0.05, 0.1) is 5.57 Å². The van der Waals surface area contributed by atoms with E-state index in [4.69, 9.17) is 4.74 Å². The van der Waals surface area contributed by atoms with E-state index >= 15 is 0 Å². The van der Waals surface area contributed by atoms with Crippen LogP contribution >= 0.6 is 0 Å². The number of aromatic hydroxyl groups is 1. The largest absolute Gasteiger partial charge is 0.508 e. The highest BCUT2D eigenvalue weighted by Gasteiger charge is 2.40. The maximum atomic E-state index is 12.3. The number of hydrogen-bond donors (Lipinski definition) is 1. The molecule has 0 saturated heterocycles. The summed E-state index contributed by atoms with van der Waals surface area (Å²) in [5.41, 5.74) is 1.69. The first kappa shape index (κ1) is 11.7. The van der Waals surface area contributed by atoms with E-state index in [0.717, 1.165) is 5.57 Å². The Morgan fingerprint density at radius 3 is 2.74 bits per heavy atom. The summed E-state index contributed by atoms with van der Waals surface area (Å²) in [6.45, 7) is 5.60. The number of phenols is 1. The van der Waals surface area contributed by atoms with Crippen molar-refractivity contribution in [2.45, 2.75) is 19.4 Å². The molecule has 1 N–H and O–H groups in total. The minimum Gasteiger partial charge on any atom is -0.508 e. The van der Waals surface area contributed by atoms with E-state index in [9.17, 15) is 14.7 Å². The summed E-state index contributed by atoms with van der Waals surface area (Å²) >= 11 is 0. The highest BCUT2D eigenvalue weighted by atomic mass is 16.5. The number of ketones is 2. The summed E-state index contributed by atoms with van der Waals surface area (Å²) in [7, 11) is 0. The zero-order valence-electron chi connectivity index (χ0n) is 10.4. The Bertz CT molecular complexity index is 667. The lowest BCUT2D eigenvalue weighted by Crippen LogP contribution is -2.19. The van der Waals surface area contributed by atoms with Gasteiger partial charge in [0.15, 0.2) is 11.5 Å². The van der Waals surface area contributed by atoms with Crippen LogP contribution in [0.1, 0.15) is 34.1 Å². The monoisotopic (exact) mass is 256 g/mol. The molecule has 1 aromatic carbocycles. The zero-order chi connectivity index (χ0) is 13.7. The van der Waals surface area contributed by atoms with Crippen LogP contribution in [0, 0.1) is 0 Å².